The molecule has 2 heterocycles. The SMILES string of the molecule is Cc1ccccc1-c1cc(N2CC(F)(F)CC2CO)ncc1N(C)C(=O)C(C)(C)c1cc(C(F)(F)F)cc(C(F)(F)F)c1. The minimum atomic E-state index is -5.10. The molecule has 3 aromatic rings. The average molecular weight is 616 g/mol. The van der Waals surface area contributed by atoms with Gasteiger partial charge in [-0.25, -0.2) is 13.8 Å². The maximum Gasteiger partial charge on any atom is 0.416 e. The van der Waals surface area contributed by atoms with Crippen LogP contribution in [0.15, 0.2) is 54.7 Å². The van der Waals surface area contributed by atoms with Gasteiger partial charge in [-0.3, -0.25) is 4.79 Å². The third-order valence-corrected chi connectivity index (χ3v) is 7.70. The van der Waals surface area contributed by atoms with Gasteiger partial charge in [0.15, 0.2) is 0 Å². The summed E-state index contributed by atoms with van der Waals surface area (Å²) in [6.07, 6.45) is -9.55. The number of likely N-dealkylation sites (N-methyl/N-ethyl adjacent to an activating group) is 1. The molecule has 13 heteroatoms. The molecule has 4 rings (SSSR count). The normalized spacial score (nSPS) is 17.3. The molecule has 0 radical (unpaired) electrons. The lowest BCUT2D eigenvalue weighted by Gasteiger charge is -2.32. The number of nitrogens with zero attached hydrogens (tertiary/aromatic N) is 3. The molecule has 2 aromatic carbocycles. The van der Waals surface area contributed by atoms with Gasteiger partial charge in [-0.1, -0.05) is 24.3 Å². The van der Waals surface area contributed by atoms with E-state index in [0.717, 1.165) is 10.5 Å². The summed E-state index contributed by atoms with van der Waals surface area (Å²) in [6.45, 7) is 2.95. The number of carbonyl (C=O) groups is 1. The Bertz CT molecular complexity index is 1490. The van der Waals surface area contributed by atoms with E-state index in [1.165, 1.54) is 38.1 Å². The number of anilines is 2. The summed E-state index contributed by atoms with van der Waals surface area (Å²) < 4.78 is 110. The van der Waals surface area contributed by atoms with Crippen molar-refractivity contribution in [2.75, 3.05) is 30.0 Å². The van der Waals surface area contributed by atoms with Crippen molar-refractivity contribution in [3.8, 4) is 11.1 Å². The largest absolute Gasteiger partial charge is 0.416 e. The molecule has 5 nitrogen and oxygen atoms in total. The van der Waals surface area contributed by atoms with Crippen LogP contribution in [0.5, 0.6) is 0 Å². The number of benzene rings is 2. The molecule has 232 valence electrons. The summed E-state index contributed by atoms with van der Waals surface area (Å²) in [5, 5.41) is 9.72. The molecule has 1 aromatic heterocycles. The number of amides is 1. The Morgan fingerprint density at radius 1 is 0.977 bits per heavy atom. The fourth-order valence-corrected chi connectivity index (χ4v) is 5.25. The highest BCUT2D eigenvalue weighted by Gasteiger charge is 2.46. The molecule has 1 aliphatic rings. The van der Waals surface area contributed by atoms with Crippen molar-refractivity contribution in [1.82, 2.24) is 4.98 Å². The van der Waals surface area contributed by atoms with Gasteiger partial charge in [0.05, 0.1) is 47.6 Å². The van der Waals surface area contributed by atoms with E-state index in [1.54, 1.807) is 31.2 Å². The molecule has 0 bridgehead atoms. The number of carbonyl (C=O) groups excluding carboxylic acids is 1. The third kappa shape index (κ3) is 6.46. The summed E-state index contributed by atoms with van der Waals surface area (Å²) >= 11 is 0. The molecule has 1 atom stereocenters. The minimum absolute atomic E-state index is 0.00573. The monoisotopic (exact) mass is 615 g/mol. The van der Waals surface area contributed by atoms with Gasteiger partial charge in [0, 0.05) is 19.0 Å². The summed E-state index contributed by atoms with van der Waals surface area (Å²) in [5.41, 5.74) is -3.65. The summed E-state index contributed by atoms with van der Waals surface area (Å²) in [7, 11) is 1.31. The Hall–Kier alpha value is -3.74. The van der Waals surface area contributed by atoms with Crippen molar-refractivity contribution in [3.63, 3.8) is 0 Å². The Balaban J connectivity index is 1.83. The molecular weight excluding hydrogens is 586 g/mol. The van der Waals surface area contributed by atoms with Gasteiger partial charge in [-0.05, 0) is 61.7 Å². The molecule has 43 heavy (non-hydrogen) atoms. The Labute approximate surface area is 242 Å². The average Bonchev–Trinajstić information content (AvgIpc) is 3.25. The fraction of sp³-hybridized carbons (Fsp3) is 0.400. The van der Waals surface area contributed by atoms with Crippen LogP contribution < -0.4 is 9.80 Å². The van der Waals surface area contributed by atoms with Gasteiger partial charge < -0.3 is 14.9 Å². The molecule has 1 N–H and O–H groups in total. The maximum absolute atomic E-state index is 14.2. The zero-order chi connectivity index (χ0) is 32.1. The van der Waals surface area contributed by atoms with Crippen molar-refractivity contribution in [1.29, 1.82) is 0 Å². The zero-order valence-corrected chi connectivity index (χ0v) is 23.6. The summed E-state index contributed by atoms with van der Waals surface area (Å²) in [5.74, 6) is -3.82. The lowest BCUT2D eigenvalue weighted by Crippen LogP contribution is -2.42. The molecule has 1 amide bonds. The second-order valence-electron chi connectivity index (χ2n) is 11.2. The van der Waals surface area contributed by atoms with Crippen molar-refractivity contribution in [3.05, 3.63) is 77.0 Å². The van der Waals surface area contributed by atoms with E-state index >= 15 is 0 Å². The molecule has 1 saturated heterocycles. The molecular formula is C30H29F8N3O2. The van der Waals surface area contributed by atoms with Gasteiger partial charge in [0.1, 0.15) is 5.82 Å². The van der Waals surface area contributed by atoms with Gasteiger partial charge >= 0.3 is 12.4 Å². The van der Waals surface area contributed by atoms with Crippen molar-refractivity contribution < 1.29 is 45.0 Å². The van der Waals surface area contributed by atoms with E-state index in [4.69, 9.17) is 0 Å². The number of alkyl halides is 8. The van der Waals surface area contributed by atoms with Crippen LogP contribution >= 0.6 is 0 Å². The first-order chi connectivity index (χ1) is 19.8. The lowest BCUT2D eigenvalue weighted by molar-refractivity contribution is -0.143. The highest BCUT2D eigenvalue weighted by Crippen LogP contribution is 2.42. The van der Waals surface area contributed by atoms with Crippen LogP contribution in [0.2, 0.25) is 0 Å². The second kappa shape index (κ2) is 11.1. The number of hydrogen-bond donors (Lipinski definition) is 1. The van der Waals surface area contributed by atoms with Crippen LogP contribution in [0, 0.1) is 6.92 Å². The van der Waals surface area contributed by atoms with Crippen molar-refractivity contribution in [2.45, 2.75) is 56.9 Å². The molecule has 1 unspecified atom stereocenters. The van der Waals surface area contributed by atoms with Crippen LogP contribution in [0.25, 0.3) is 11.1 Å². The highest BCUT2D eigenvalue weighted by molar-refractivity contribution is 6.03. The Morgan fingerprint density at radius 2 is 1.53 bits per heavy atom. The van der Waals surface area contributed by atoms with Crippen LogP contribution in [-0.2, 0) is 22.6 Å². The number of hydrogen-bond acceptors (Lipinski definition) is 4. The quantitative estimate of drug-likeness (QED) is 0.297. The molecule has 1 fully saturated rings. The second-order valence-corrected chi connectivity index (χ2v) is 11.2. The predicted octanol–water partition coefficient (Wildman–Crippen LogP) is 7.24. The van der Waals surface area contributed by atoms with Crippen LogP contribution in [0.1, 0.15) is 42.5 Å². The van der Waals surface area contributed by atoms with Gasteiger partial charge in [0.2, 0.25) is 5.91 Å². The maximum atomic E-state index is 14.2. The van der Waals surface area contributed by atoms with E-state index in [-0.39, 0.29) is 17.6 Å². The first kappa shape index (κ1) is 32.2. The number of pyridine rings is 1. The Kier molecular flexibility index (Phi) is 8.29. The predicted molar refractivity (Wildman–Crippen MR) is 145 cm³/mol. The smallest absolute Gasteiger partial charge is 0.394 e. The van der Waals surface area contributed by atoms with Gasteiger partial charge in [-0.15, -0.1) is 0 Å². The topological polar surface area (TPSA) is 56.7 Å². The fourth-order valence-electron chi connectivity index (χ4n) is 5.25. The third-order valence-electron chi connectivity index (χ3n) is 7.70. The van der Waals surface area contributed by atoms with E-state index in [0.29, 0.717) is 23.3 Å². The van der Waals surface area contributed by atoms with E-state index in [9.17, 15) is 45.0 Å². The number of aryl methyl sites for hydroxylation is 1. The number of rotatable bonds is 6. The highest BCUT2D eigenvalue weighted by atomic mass is 19.4. The Morgan fingerprint density at radius 3 is 2.07 bits per heavy atom. The number of halogens is 8. The van der Waals surface area contributed by atoms with Gasteiger partial charge in [0.25, 0.3) is 5.92 Å². The van der Waals surface area contributed by atoms with Crippen LogP contribution in [0.4, 0.5) is 46.6 Å². The molecule has 0 saturated carbocycles. The summed E-state index contributed by atoms with van der Waals surface area (Å²) in [6, 6.07) is 8.55. The van der Waals surface area contributed by atoms with E-state index in [2.05, 4.69) is 4.98 Å². The minimum Gasteiger partial charge on any atom is -0.394 e. The van der Waals surface area contributed by atoms with Crippen molar-refractivity contribution in [2.24, 2.45) is 0 Å². The molecule has 0 spiro atoms. The zero-order valence-electron chi connectivity index (χ0n) is 23.6. The first-order valence-electron chi connectivity index (χ1n) is 13.2. The molecule has 0 aliphatic carbocycles. The number of aliphatic hydroxyl groups excluding tert-OH is 1. The van der Waals surface area contributed by atoms with Crippen molar-refractivity contribution >= 4 is 17.4 Å². The molecule has 1 aliphatic heterocycles. The van der Waals surface area contributed by atoms with Crippen LogP contribution in [0.3, 0.4) is 0 Å². The van der Waals surface area contributed by atoms with E-state index in [1.807, 2.05) is 0 Å². The standard InChI is InChI=1S/C30H29F8N3O2/c1-17-7-5-6-8-22(17)23-12-25(41-16-28(31,32)13-21(41)15-42)39-14-24(23)40(4)26(43)27(2,3)18-9-19(29(33,34)35)11-20(10-18)30(36,37)38/h5-12,14,21,42H,13,15-16H2,1-4H3. The number of aromatic nitrogens is 1. The van der Waals surface area contributed by atoms with Gasteiger partial charge in [-0.2, -0.15) is 26.3 Å². The first-order valence-corrected chi connectivity index (χ1v) is 13.2. The lowest BCUT2D eigenvalue weighted by atomic mass is 9.81. The van der Waals surface area contributed by atoms with Crippen LogP contribution in [-0.4, -0.2) is 48.2 Å². The number of aliphatic hydroxyl groups is 1. The summed E-state index contributed by atoms with van der Waals surface area (Å²) in [4.78, 5) is 20.5. The van der Waals surface area contributed by atoms with E-state index < -0.39 is 71.9 Å².